The molecule has 1 unspecified atom stereocenters. The fraction of sp³-hybridized carbons (Fsp3) is 0.316. The average molecular weight is 388 g/mol. The SMILES string of the molecule is CCc1ccc(C(C)NC(=O)CSc2nc3sccc3c(=O)n2C)cc1. The van der Waals surface area contributed by atoms with Crippen LogP contribution in [0.25, 0.3) is 10.2 Å². The first kappa shape index (κ1) is 18.7. The van der Waals surface area contributed by atoms with Gasteiger partial charge in [-0.2, -0.15) is 0 Å². The van der Waals surface area contributed by atoms with Gasteiger partial charge >= 0.3 is 0 Å². The van der Waals surface area contributed by atoms with Crippen molar-refractivity contribution >= 4 is 39.2 Å². The van der Waals surface area contributed by atoms with Crippen LogP contribution in [0.5, 0.6) is 0 Å². The lowest BCUT2D eigenvalue weighted by Gasteiger charge is -2.15. The van der Waals surface area contributed by atoms with Crippen molar-refractivity contribution < 1.29 is 4.79 Å². The van der Waals surface area contributed by atoms with Crippen LogP contribution >= 0.6 is 23.1 Å². The summed E-state index contributed by atoms with van der Waals surface area (Å²) in [6.45, 7) is 4.08. The molecule has 0 fully saturated rings. The van der Waals surface area contributed by atoms with Crippen molar-refractivity contribution in [3.8, 4) is 0 Å². The fourth-order valence-electron chi connectivity index (χ4n) is 2.65. The van der Waals surface area contributed by atoms with E-state index in [0.717, 1.165) is 12.0 Å². The Morgan fingerprint density at radius 3 is 2.73 bits per heavy atom. The number of aryl methyl sites for hydroxylation is 1. The summed E-state index contributed by atoms with van der Waals surface area (Å²) in [7, 11) is 1.69. The van der Waals surface area contributed by atoms with Gasteiger partial charge in [-0.05, 0) is 35.9 Å². The molecule has 0 aliphatic heterocycles. The van der Waals surface area contributed by atoms with Crippen LogP contribution in [0.2, 0.25) is 0 Å². The lowest BCUT2D eigenvalue weighted by atomic mass is 10.1. The highest BCUT2D eigenvalue weighted by molar-refractivity contribution is 7.99. The van der Waals surface area contributed by atoms with Gasteiger partial charge < -0.3 is 5.32 Å². The maximum atomic E-state index is 12.3. The second-order valence-corrected chi connectivity index (χ2v) is 7.91. The molecule has 0 bridgehead atoms. The second-order valence-electron chi connectivity index (χ2n) is 6.07. The van der Waals surface area contributed by atoms with E-state index in [1.807, 2.05) is 24.4 Å². The third kappa shape index (κ3) is 3.99. The third-order valence-electron chi connectivity index (χ3n) is 4.26. The predicted molar refractivity (Wildman–Crippen MR) is 108 cm³/mol. The number of hydrogen-bond acceptors (Lipinski definition) is 5. The largest absolute Gasteiger partial charge is 0.349 e. The summed E-state index contributed by atoms with van der Waals surface area (Å²) in [5.74, 6) is 0.136. The molecule has 2 aromatic heterocycles. The molecule has 1 N–H and O–H groups in total. The van der Waals surface area contributed by atoms with Crippen LogP contribution in [-0.4, -0.2) is 21.2 Å². The Balaban J connectivity index is 1.63. The van der Waals surface area contributed by atoms with E-state index in [2.05, 4.69) is 29.4 Å². The Bertz CT molecular complexity index is 977. The Morgan fingerprint density at radius 2 is 2.04 bits per heavy atom. The van der Waals surface area contributed by atoms with E-state index >= 15 is 0 Å². The van der Waals surface area contributed by atoms with Crippen molar-refractivity contribution in [1.82, 2.24) is 14.9 Å². The van der Waals surface area contributed by atoms with Crippen LogP contribution in [0.15, 0.2) is 45.7 Å². The molecule has 0 saturated heterocycles. The van der Waals surface area contributed by atoms with E-state index in [1.54, 1.807) is 13.1 Å². The van der Waals surface area contributed by atoms with E-state index in [1.165, 1.54) is 33.2 Å². The summed E-state index contributed by atoms with van der Waals surface area (Å²) < 4.78 is 1.50. The number of benzene rings is 1. The molecule has 26 heavy (non-hydrogen) atoms. The van der Waals surface area contributed by atoms with Gasteiger partial charge in [0.05, 0.1) is 17.2 Å². The molecule has 136 valence electrons. The molecule has 3 rings (SSSR count). The van der Waals surface area contributed by atoms with Gasteiger partial charge in [-0.1, -0.05) is 43.0 Å². The molecular formula is C19H21N3O2S2. The number of carbonyl (C=O) groups is 1. The van der Waals surface area contributed by atoms with Gasteiger partial charge in [0.2, 0.25) is 5.91 Å². The zero-order chi connectivity index (χ0) is 18.7. The second kappa shape index (κ2) is 8.05. The van der Waals surface area contributed by atoms with Crippen molar-refractivity contribution in [2.75, 3.05) is 5.75 Å². The lowest BCUT2D eigenvalue weighted by Crippen LogP contribution is -2.28. The average Bonchev–Trinajstić information content (AvgIpc) is 3.12. The lowest BCUT2D eigenvalue weighted by molar-refractivity contribution is -0.119. The summed E-state index contributed by atoms with van der Waals surface area (Å²) in [6, 6.07) is 9.98. The molecule has 3 aromatic rings. The van der Waals surface area contributed by atoms with E-state index in [9.17, 15) is 9.59 Å². The number of amides is 1. The molecule has 5 nitrogen and oxygen atoms in total. The van der Waals surface area contributed by atoms with Crippen molar-refractivity contribution in [1.29, 1.82) is 0 Å². The number of nitrogens with one attached hydrogen (secondary N) is 1. The predicted octanol–water partition coefficient (Wildman–Crippen LogP) is 3.53. The summed E-state index contributed by atoms with van der Waals surface area (Å²) in [4.78, 5) is 29.8. The van der Waals surface area contributed by atoms with Gasteiger partial charge in [0.15, 0.2) is 5.16 Å². The Kier molecular flexibility index (Phi) is 5.78. The summed E-state index contributed by atoms with van der Waals surface area (Å²) in [5.41, 5.74) is 2.27. The molecule has 1 amide bonds. The Hall–Kier alpha value is -2.12. The van der Waals surface area contributed by atoms with Crippen LogP contribution in [-0.2, 0) is 18.3 Å². The molecule has 1 aromatic carbocycles. The van der Waals surface area contributed by atoms with E-state index in [4.69, 9.17) is 0 Å². The molecule has 0 aliphatic rings. The first-order chi connectivity index (χ1) is 12.5. The monoisotopic (exact) mass is 387 g/mol. The number of aromatic nitrogens is 2. The fourth-order valence-corrected chi connectivity index (χ4v) is 4.24. The Labute approximate surface area is 160 Å². The quantitative estimate of drug-likeness (QED) is 0.519. The molecule has 0 radical (unpaired) electrons. The summed E-state index contributed by atoms with van der Waals surface area (Å²) in [6.07, 6.45) is 0.998. The van der Waals surface area contributed by atoms with Crippen LogP contribution in [0.1, 0.15) is 31.0 Å². The third-order valence-corrected chi connectivity index (χ3v) is 6.10. The maximum absolute atomic E-state index is 12.3. The highest BCUT2D eigenvalue weighted by Gasteiger charge is 2.13. The van der Waals surface area contributed by atoms with E-state index in [0.29, 0.717) is 15.4 Å². The van der Waals surface area contributed by atoms with Gasteiger partial charge in [0.25, 0.3) is 5.56 Å². The van der Waals surface area contributed by atoms with Crippen LogP contribution in [0.3, 0.4) is 0 Å². The molecular weight excluding hydrogens is 366 g/mol. The standard InChI is InChI=1S/C19H21N3O2S2/c1-4-13-5-7-14(8-6-13)12(2)20-16(23)11-26-19-21-17-15(9-10-25-17)18(24)22(19)3/h5-10,12H,4,11H2,1-3H3,(H,20,23). The first-order valence-electron chi connectivity index (χ1n) is 8.44. The minimum absolute atomic E-state index is 0.0643. The normalized spacial score (nSPS) is 12.3. The molecule has 0 saturated carbocycles. The van der Waals surface area contributed by atoms with Crippen molar-refractivity contribution in [3.63, 3.8) is 0 Å². The van der Waals surface area contributed by atoms with Gasteiger partial charge in [0.1, 0.15) is 4.83 Å². The minimum atomic E-state index is -0.0809. The van der Waals surface area contributed by atoms with Crippen molar-refractivity contribution in [2.45, 2.75) is 31.5 Å². The van der Waals surface area contributed by atoms with Gasteiger partial charge in [-0.25, -0.2) is 4.98 Å². The topological polar surface area (TPSA) is 64.0 Å². The number of fused-ring (bicyclic) bond motifs is 1. The highest BCUT2D eigenvalue weighted by Crippen LogP contribution is 2.21. The van der Waals surface area contributed by atoms with Crippen LogP contribution in [0.4, 0.5) is 0 Å². The number of carbonyl (C=O) groups excluding carboxylic acids is 1. The summed E-state index contributed by atoms with van der Waals surface area (Å²) >= 11 is 2.71. The molecule has 1 atom stereocenters. The zero-order valence-corrected chi connectivity index (χ0v) is 16.6. The van der Waals surface area contributed by atoms with E-state index in [-0.39, 0.29) is 23.3 Å². The van der Waals surface area contributed by atoms with Gasteiger partial charge in [-0.15, -0.1) is 11.3 Å². The van der Waals surface area contributed by atoms with E-state index < -0.39 is 0 Å². The first-order valence-corrected chi connectivity index (χ1v) is 10.3. The Morgan fingerprint density at radius 1 is 1.31 bits per heavy atom. The maximum Gasteiger partial charge on any atom is 0.262 e. The van der Waals surface area contributed by atoms with Gasteiger partial charge in [-0.3, -0.25) is 14.2 Å². The van der Waals surface area contributed by atoms with Crippen molar-refractivity contribution in [3.05, 3.63) is 57.2 Å². The molecule has 2 heterocycles. The molecule has 0 spiro atoms. The number of nitrogens with zero attached hydrogens (tertiary/aromatic N) is 2. The number of thioether (sulfide) groups is 1. The van der Waals surface area contributed by atoms with Crippen LogP contribution < -0.4 is 10.9 Å². The highest BCUT2D eigenvalue weighted by atomic mass is 32.2. The number of hydrogen-bond donors (Lipinski definition) is 1. The number of thiophene rings is 1. The van der Waals surface area contributed by atoms with Crippen LogP contribution in [0, 0.1) is 0 Å². The zero-order valence-electron chi connectivity index (χ0n) is 15.0. The minimum Gasteiger partial charge on any atom is -0.349 e. The van der Waals surface area contributed by atoms with Gasteiger partial charge in [0, 0.05) is 7.05 Å². The van der Waals surface area contributed by atoms with Crippen molar-refractivity contribution in [2.24, 2.45) is 7.05 Å². The number of rotatable bonds is 6. The molecule has 0 aliphatic carbocycles. The smallest absolute Gasteiger partial charge is 0.262 e. The summed E-state index contributed by atoms with van der Waals surface area (Å²) in [5, 5.41) is 6.03. The molecule has 7 heteroatoms.